The van der Waals surface area contributed by atoms with E-state index in [1.807, 2.05) is 26.0 Å². The van der Waals surface area contributed by atoms with Gasteiger partial charge in [-0.15, -0.1) is 0 Å². The largest absolute Gasteiger partial charge is 0.274 e. The van der Waals surface area contributed by atoms with Crippen LogP contribution in [0.1, 0.15) is 34.3 Å². The fourth-order valence-corrected chi connectivity index (χ4v) is 8.19. The third kappa shape index (κ3) is 4.42. The average molecular weight is 673 g/mol. The van der Waals surface area contributed by atoms with Gasteiger partial charge < -0.3 is 0 Å². The van der Waals surface area contributed by atoms with Crippen LogP contribution in [0.3, 0.4) is 0 Å². The molecule has 0 aromatic heterocycles. The summed E-state index contributed by atoms with van der Waals surface area (Å²) in [4.78, 5) is 83.2. The molecule has 4 aromatic carbocycles. The number of fused-ring (bicyclic) bond motifs is 5. The lowest BCUT2D eigenvalue weighted by Crippen LogP contribution is -2.50. The number of anilines is 2. The number of benzene rings is 4. The second-order valence-corrected chi connectivity index (χ2v) is 13.0. The second-order valence-electron chi connectivity index (χ2n) is 13.0. The van der Waals surface area contributed by atoms with Gasteiger partial charge in [-0.3, -0.25) is 39.4 Å². The highest BCUT2D eigenvalue weighted by molar-refractivity contribution is 6.26. The number of amides is 4. The van der Waals surface area contributed by atoms with Crippen molar-refractivity contribution in [1.29, 1.82) is 0 Å². The first-order chi connectivity index (χ1) is 24.0. The smallest absolute Gasteiger partial charge is 0.269 e. The van der Waals surface area contributed by atoms with Crippen molar-refractivity contribution < 1.29 is 29.0 Å². The molecule has 8 rings (SSSR count). The van der Waals surface area contributed by atoms with E-state index < -0.39 is 69.5 Å². The van der Waals surface area contributed by atoms with Gasteiger partial charge in [0.05, 0.1) is 45.1 Å². The lowest BCUT2D eigenvalue weighted by molar-refractivity contribution is -0.385. The molecule has 0 saturated carbocycles. The van der Waals surface area contributed by atoms with Gasteiger partial charge in [0, 0.05) is 24.3 Å². The fourth-order valence-electron chi connectivity index (χ4n) is 8.19. The Morgan fingerprint density at radius 1 is 0.500 bits per heavy atom. The van der Waals surface area contributed by atoms with Gasteiger partial charge >= 0.3 is 0 Å². The zero-order valence-corrected chi connectivity index (χ0v) is 26.7. The summed E-state index contributed by atoms with van der Waals surface area (Å²) in [6.45, 7) is 3.64. The normalized spacial score (nSPS) is 26.0. The van der Waals surface area contributed by atoms with Crippen molar-refractivity contribution in [3.63, 3.8) is 0 Å². The summed E-state index contributed by atoms with van der Waals surface area (Å²) in [5, 5.41) is 27.0. The van der Waals surface area contributed by atoms with Crippen molar-refractivity contribution in [2.75, 3.05) is 9.80 Å². The van der Waals surface area contributed by atoms with E-state index >= 15 is 0 Å². The summed E-state index contributed by atoms with van der Waals surface area (Å²) in [5.41, 5.74) is 2.36. The number of hydrazine groups is 1. The van der Waals surface area contributed by atoms with Crippen LogP contribution in [0, 0.1) is 45.9 Å². The third-order valence-corrected chi connectivity index (χ3v) is 10.1. The van der Waals surface area contributed by atoms with Crippen molar-refractivity contribution in [2.45, 2.75) is 38.0 Å². The molecule has 250 valence electrons. The molecule has 4 aromatic rings. The molecule has 4 heterocycles. The standard InChI is InChI=1S/C36H28N6O8/c1-19-7-3-11-23(15-19)37-33(43)27-29(21-9-5-13-25(17-21)41(47)48)40-32-28(34(44)38(36(32)46)24-12-4-8-20(2)16-24)30(39(40)31(27)35(37)45)22-10-6-14-26(18-22)42(49)50/h3-18,27-32H,1-2H3. The molecule has 14 nitrogen and oxygen atoms in total. The first kappa shape index (κ1) is 31.2. The highest BCUT2D eigenvalue weighted by atomic mass is 16.6. The number of aryl methyl sites for hydroxylation is 2. The minimum absolute atomic E-state index is 0.258. The molecule has 4 amide bonds. The number of non-ortho nitro benzene ring substituents is 2. The molecule has 4 saturated heterocycles. The maximum atomic E-state index is 14.6. The number of imide groups is 2. The van der Waals surface area contributed by atoms with Crippen LogP contribution in [0.25, 0.3) is 0 Å². The van der Waals surface area contributed by atoms with Gasteiger partial charge in [-0.2, -0.15) is 0 Å². The minimum Gasteiger partial charge on any atom is -0.274 e. The van der Waals surface area contributed by atoms with Gasteiger partial charge in [-0.1, -0.05) is 48.5 Å². The Hall–Kier alpha value is -6.12. The minimum atomic E-state index is -1.24. The molecule has 0 aliphatic carbocycles. The quantitative estimate of drug-likeness (QED) is 0.161. The molecule has 0 bridgehead atoms. The van der Waals surface area contributed by atoms with E-state index in [0.717, 1.165) is 20.9 Å². The predicted molar refractivity (Wildman–Crippen MR) is 177 cm³/mol. The van der Waals surface area contributed by atoms with Crippen LogP contribution >= 0.6 is 0 Å². The summed E-state index contributed by atoms with van der Waals surface area (Å²) in [6.07, 6.45) is 0. The van der Waals surface area contributed by atoms with E-state index in [1.165, 1.54) is 36.4 Å². The van der Waals surface area contributed by atoms with Crippen molar-refractivity contribution in [3.8, 4) is 0 Å². The van der Waals surface area contributed by atoms with Crippen molar-refractivity contribution in [3.05, 3.63) is 140 Å². The Labute approximate surface area is 284 Å². The van der Waals surface area contributed by atoms with E-state index in [2.05, 4.69) is 0 Å². The summed E-state index contributed by atoms with van der Waals surface area (Å²) >= 11 is 0. The van der Waals surface area contributed by atoms with Gasteiger partial charge in [0.2, 0.25) is 11.8 Å². The average Bonchev–Trinajstić information content (AvgIpc) is 3.76. The fraction of sp³-hybridized carbons (Fsp3) is 0.222. The number of hydrogen-bond donors (Lipinski definition) is 0. The maximum Gasteiger partial charge on any atom is 0.269 e. The Morgan fingerprint density at radius 3 is 1.24 bits per heavy atom. The van der Waals surface area contributed by atoms with Crippen LogP contribution in [-0.4, -0.2) is 55.6 Å². The van der Waals surface area contributed by atoms with E-state index in [1.54, 1.807) is 58.5 Å². The number of nitrogens with zero attached hydrogens (tertiary/aromatic N) is 6. The Bertz CT molecular complexity index is 2040. The van der Waals surface area contributed by atoms with Crippen LogP contribution < -0.4 is 9.80 Å². The molecule has 6 unspecified atom stereocenters. The monoisotopic (exact) mass is 672 g/mol. The molecule has 4 aliphatic heterocycles. The molecular formula is C36H28N6O8. The molecule has 14 heteroatoms. The summed E-state index contributed by atoms with van der Waals surface area (Å²) in [7, 11) is 0. The molecular weight excluding hydrogens is 644 g/mol. The number of nitro groups is 2. The van der Waals surface area contributed by atoms with Crippen molar-refractivity contribution in [1.82, 2.24) is 10.0 Å². The van der Waals surface area contributed by atoms with E-state index in [0.29, 0.717) is 22.5 Å². The molecule has 6 atom stereocenters. The van der Waals surface area contributed by atoms with Gasteiger partial charge in [0.25, 0.3) is 23.2 Å². The molecule has 0 spiro atoms. The first-order valence-electron chi connectivity index (χ1n) is 15.9. The molecule has 4 fully saturated rings. The van der Waals surface area contributed by atoms with Crippen LogP contribution in [0.4, 0.5) is 22.7 Å². The number of nitro benzene ring substituents is 2. The van der Waals surface area contributed by atoms with Crippen LogP contribution in [0.2, 0.25) is 0 Å². The lowest BCUT2D eigenvalue weighted by atomic mass is 9.84. The Balaban J connectivity index is 1.36. The lowest BCUT2D eigenvalue weighted by Gasteiger charge is -2.35. The maximum absolute atomic E-state index is 14.6. The second kappa shape index (κ2) is 11.2. The van der Waals surface area contributed by atoms with Gasteiger partial charge in [0.1, 0.15) is 12.1 Å². The Morgan fingerprint density at radius 2 is 0.880 bits per heavy atom. The number of carbonyl (C=O) groups excluding carboxylic acids is 4. The third-order valence-electron chi connectivity index (χ3n) is 10.1. The summed E-state index contributed by atoms with van der Waals surface area (Å²) < 4.78 is 0. The number of hydrogen-bond acceptors (Lipinski definition) is 10. The first-order valence-corrected chi connectivity index (χ1v) is 15.9. The van der Waals surface area contributed by atoms with E-state index in [4.69, 9.17) is 0 Å². The van der Waals surface area contributed by atoms with E-state index in [-0.39, 0.29) is 11.4 Å². The highest BCUT2D eigenvalue weighted by Crippen LogP contribution is 2.60. The van der Waals surface area contributed by atoms with Crippen molar-refractivity contribution in [2.24, 2.45) is 11.8 Å². The van der Waals surface area contributed by atoms with Gasteiger partial charge in [-0.05, 0) is 60.4 Å². The topological polar surface area (TPSA) is 168 Å². The van der Waals surface area contributed by atoms with E-state index in [9.17, 15) is 39.4 Å². The van der Waals surface area contributed by atoms with Crippen LogP contribution in [0.5, 0.6) is 0 Å². The Kier molecular flexibility index (Phi) is 6.99. The predicted octanol–water partition coefficient (Wildman–Crippen LogP) is 4.56. The molecule has 0 N–H and O–H groups in total. The summed E-state index contributed by atoms with van der Waals surface area (Å²) in [5.74, 6) is -4.65. The van der Waals surface area contributed by atoms with Crippen molar-refractivity contribution >= 4 is 46.4 Å². The van der Waals surface area contributed by atoms with Gasteiger partial charge in [0.15, 0.2) is 0 Å². The molecule has 4 aliphatic rings. The highest BCUT2D eigenvalue weighted by Gasteiger charge is 2.73. The zero-order chi connectivity index (χ0) is 35.2. The molecule has 0 radical (unpaired) electrons. The number of carbonyl (C=O) groups is 4. The van der Waals surface area contributed by atoms with Gasteiger partial charge in [-0.25, -0.2) is 19.8 Å². The van der Waals surface area contributed by atoms with Crippen LogP contribution in [0.15, 0.2) is 97.1 Å². The SMILES string of the molecule is Cc1cccc(N2C(=O)C3C(C2=O)N2C(c4cccc([N+](=O)[O-])c4)C4C(=O)N(c5cccc(C)c5)C(=O)C4N2C3c2cccc([N+](=O)[O-])c2)c1. The van der Waals surface area contributed by atoms with Crippen LogP contribution in [-0.2, 0) is 19.2 Å². The summed E-state index contributed by atoms with van der Waals surface area (Å²) in [6, 6.07) is 20.4. The molecule has 50 heavy (non-hydrogen) atoms. The number of rotatable bonds is 6. The zero-order valence-electron chi connectivity index (χ0n) is 26.7.